The molecule has 0 fully saturated rings. The van der Waals surface area contributed by atoms with E-state index in [4.69, 9.17) is 4.74 Å². The fourth-order valence-corrected chi connectivity index (χ4v) is 2.19. The third kappa shape index (κ3) is 7.37. The number of ether oxygens (including phenoxy) is 1. The van der Waals surface area contributed by atoms with Crippen molar-refractivity contribution in [2.24, 2.45) is 12.0 Å². The van der Waals surface area contributed by atoms with Gasteiger partial charge in [0.25, 0.3) is 0 Å². The lowest BCUT2D eigenvalue weighted by Crippen LogP contribution is -2.38. The third-order valence-corrected chi connectivity index (χ3v) is 3.83. The number of benzene rings is 1. The van der Waals surface area contributed by atoms with Crippen LogP contribution >= 0.6 is 24.0 Å². The number of aromatic nitrogens is 3. The Kier molecular flexibility index (Phi) is 10.1. The maximum Gasteiger partial charge on any atom is 0.191 e. The lowest BCUT2D eigenvalue weighted by Gasteiger charge is -2.12. The maximum absolute atomic E-state index is 13.8. The van der Waals surface area contributed by atoms with E-state index in [0.29, 0.717) is 25.7 Å². The van der Waals surface area contributed by atoms with Gasteiger partial charge in [0.15, 0.2) is 11.8 Å². The van der Waals surface area contributed by atoms with Gasteiger partial charge in [-0.25, -0.2) is 13.8 Å². The second kappa shape index (κ2) is 11.8. The van der Waals surface area contributed by atoms with E-state index >= 15 is 0 Å². The molecule has 0 aliphatic rings. The molecule has 0 atom stereocenters. The van der Waals surface area contributed by atoms with Crippen molar-refractivity contribution >= 4 is 29.9 Å². The third-order valence-electron chi connectivity index (χ3n) is 3.83. The van der Waals surface area contributed by atoms with Crippen LogP contribution in [0.3, 0.4) is 0 Å². The number of methoxy groups -OCH3 is 1. The van der Waals surface area contributed by atoms with Crippen LogP contribution in [0.15, 0.2) is 23.2 Å². The Balaban J connectivity index is 0.00000364. The van der Waals surface area contributed by atoms with Crippen LogP contribution in [0.4, 0.5) is 8.78 Å². The molecule has 0 aliphatic carbocycles. The van der Waals surface area contributed by atoms with Crippen LogP contribution in [-0.2, 0) is 24.9 Å². The lowest BCUT2D eigenvalue weighted by atomic mass is 10.2. The summed E-state index contributed by atoms with van der Waals surface area (Å²) in [4.78, 5) is 4.33. The van der Waals surface area contributed by atoms with Crippen molar-refractivity contribution in [3.05, 3.63) is 47.0 Å². The molecule has 0 saturated heterocycles. The number of rotatable bonds is 8. The fraction of sp³-hybridized carbons (Fsp3) is 0.471. The average Bonchev–Trinajstić information content (AvgIpc) is 2.95. The summed E-state index contributed by atoms with van der Waals surface area (Å²) in [5, 5.41) is 14.4. The lowest BCUT2D eigenvalue weighted by molar-refractivity contribution is 0.195. The van der Waals surface area contributed by atoms with Gasteiger partial charge >= 0.3 is 0 Å². The zero-order valence-corrected chi connectivity index (χ0v) is 18.0. The summed E-state index contributed by atoms with van der Waals surface area (Å²) in [6.07, 6.45) is 0.786. The molecule has 2 rings (SSSR count). The van der Waals surface area contributed by atoms with Crippen molar-refractivity contribution in [2.45, 2.75) is 26.4 Å². The number of aliphatic imine (C=N–C) groups is 1. The van der Waals surface area contributed by atoms with Crippen LogP contribution in [0.1, 0.15) is 23.6 Å². The van der Waals surface area contributed by atoms with Crippen LogP contribution in [-0.4, -0.2) is 41.0 Å². The van der Waals surface area contributed by atoms with E-state index in [1.165, 1.54) is 0 Å². The Morgan fingerprint density at radius 1 is 1.26 bits per heavy atom. The van der Waals surface area contributed by atoms with Crippen LogP contribution in [0.2, 0.25) is 0 Å². The monoisotopic (exact) mass is 494 g/mol. The van der Waals surface area contributed by atoms with Crippen molar-refractivity contribution in [1.29, 1.82) is 0 Å². The molecule has 1 heterocycles. The molecule has 0 unspecified atom stereocenters. The Morgan fingerprint density at radius 2 is 2.04 bits per heavy atom. The standard InChI is InChI=1S/C17H24F2N6O.HI/c1-12-23-24-16(25(12)2)11-22-17(20-7-4-8-26-3)21-10-13-9-14(18)5-6-15(13)19;/h5-6,9H,4,7-8,10-11H2,1-3H3,(H2,20,21,22);1H. The minimum Gasteiger partial charge on any atom is -0.385 e. The van der Waals surface area contributed by atoms with Crippen LogP contribution in [0.5, 0.6) is 0 Å². The molecule has 2 N–H and O–H groups in total. The fourth-order valence-electron chi connectivity index (χ4n) is 2.19. The summed E-state index contributed by atoms with van der Waals surface area (Å²) < 4.78 is 33.9. The van der Waals surface area contributed by atoms with Gasteiger partial charge in [0.1, 0.15) is 17.5 Å². The van der Waals surface area contributed by atoms with Crippen molar-refractivity contribution in [2.75, 3.05) is 20.3 Å². The highest BCUT2D eigenvalue weighted by molar-refractivity contribution is 14.0. The molecule has 0 radical (unpaired) electrons. The van der Waals surface area contributed by atoms with E-state index in [1.807, 2.05) is 18.5 Å². The molecule has 0 spiro atoms. The Morgan fingerprint density at radius 3 is 2.70 bits per heavy atom. The van der Waals surface area contributed by atoms with E-state index in [0.717, 1.165) is 36.3 Å². The molecule has 0 aliphatic heterocycles. The summed E-state index contributed by atoms with van der Waals surface area (Å²) in [5.41, 5.74) is 0.192. The zero-order valence-electron chi connectivity index (χ0n) is 15.6. The number of aryl methyl sites for hydroxylation is 1. The first-order valence-electron chi connectivity index (χ1n) is 8.31. The summed E-state index contributed by atoms with van der Waals surface area (Å²) in [6, 6.07) is 3.33. The molecular weight excluding hydrogens is 469 g/mol. The number of halogens is 3. The van der Waals surface area contributed by atoms with Gasteiger partial charge in [-0.05, 0) is 31.5 Å². The van der Waals surface area contributed by atoms with Crippen LogP contribution in [0.25, 0.3) is 0 Å². The zero-order chi connectivity index (χ0) is 18.9. The second-order valence-corrected chi connectivity index (χ2v) is 5.75. The number of nitrogens with zero attached hydrogens (tertiary/aromatic N) is 4. The van der Waals surface area contributed by atoms with E-state index in [-0.39, 0.29) is 36.1 Å². The normalized spacial score (nSPS) is 11.2. The number of hydrogen-bond acceptors (Lipinski definition) is 4. The summed E-state index contributed by atoms with van der Waals surface area (Å²) in [7, 11) is 3.51. The quantitative estimate of drug-likeness (QED) is 0.255. The molecule has 27 heavy (non-hydrogen) atoms. The van der Waals surface area contributed by atoms with Crippen LogP contribution < -0.4 is 10.6 Å². The molecule has 0 amide bonds. The topological polar surface area (TPSA) is 76.4 Å². The molecule has 1 aromatic heterocycles. The Bertz CT molecular complexity index is 753. The highest BCUT2D eigenvalue weighted by Gasteiger charge is 2.07. The number of guanidine groups is 1. The molecule has 10 heteroatoms. The molecule has 0 saturated carbocycles. The minimum absolute atomic E-state index is 0. The first-order valence-corrected chi connectivity index (χ1v) is 8.31. The Labute approximate surface area is 174 Å². The second-order valence-electron chi connectivity index (χ2n) is 5.75. The largest absolute Gasteiger partial charge is 0.385 e. The highest BCUT2D eigenvalue weighted by atomic mass is 127. The molecule has 1 aromatic carbocycles. The van der Waals surface area contributed by atoms with Gasteiger partial charge in [0.05, 0.1) is 13.1 Å². The summed E-state index contributed by atoms with van der Waals surface area (Å²) in [6.45, 7) is 3.52. The van der Waals surface area contributed by atoms with Crippen molar-refractivity contribution < 1.29 is 13.5 Å². The predicted molar refractivity (Wildman–Crippen MR) is 110 cm³/mol. The average molecular weight is 494 g/mol. The van der Waals surface area contributed by atoms with Crippen LogP contribution in [0, 0.1) is 18.6 Å². The van der Waals surface area contributed by atoms with Gasteiger partial charge in [-0.2, -0.15) is 0 Å². The van der Waals surface area contributed by atoms with Gasteiger partial charge in [0.2, 0.25) is 0 Å². The predicted octanol–water partition coefficient (Wildman–Crippen LogP) is 2.29. The smallest absolute Gasteiger partial charge is 0.191 e. The molecule has 0 bridgehead atoms. The van der Waals surface area contributed by atoms with E-state index in [9.17, 15) is 8.78 Å². The molecule has 2 aromatic rings. The first kappa shape index (κ1) is 23.2. The van der Waals surface area contributed by atoms with Gasteiger partial charge in [-0.1, -0.05) is 0 Å². The van der Waals surface area contributed by atoms with Crippen molar-refractivity contribution in [1.82, 2.24) is 25.4 Å². The van der Waals surface area contributed by atoms with Gasteiger partial charge < -0.3 is 19.9 Å². The van der Waals surface area contributed by atoms with E-state index < -0.39 is 11.6 Å². The van der Waals surface area contributed by atoms with Crippen molar-refractivity contribution in [3.8, 4) is 0 Å². The van der Waals surface area contributed by atoms with Gasteiger partial charge in [-0.3, -0.25) is 0 Å². The molecular formula is C17H25F2IN6O. The van der Waals surface area contributed by atoms with E-state index in [2.05, 4.69) is 25.8 Å². The number of hydrogen-bond donors (Lipinski definition) is 2. The Hall–Kier alpha value is -1.82. The minimum atomic E-state index is -0.492. The van der Waals surface area contributed by atoms with Gasteiger partial charge in [-0.15, -0.1) is 34.2 Å². The molecule has 150 valence electrons. The first-order chi connectivity index (χ1) is 12.5. The SMILES string of the molecule is COCCCNC(=NCc1cc(F)ccc1F)NCc1nnc(C)n1C.I. The summed E-state index contributed by atoms with van der Waals surface area (Å²) in [5.74, 6) is 1.04. The maximum atomic E-state index is 13.8. The van der Waals surface area contributed by atoms with Gasteiger partial charge in [0, 0.05) is 32.9 Å². The van der Waals surface area contributed by atoms with E-state index in [1.54, 1.807) is 7.11 Å². The summed E-state index contributed by atoms with van der Waals surface area (Å²) >= 11 is 0. The molecule has 7 nitrogen and oxygen atoms in total. The van der Waals surface area contributed by atoms with Crippen molar-refractivity contribution in [3.63, 3.8) is 0 Å². The highest BCUT2D eigenvalue weighted by Crippen LogP contribution is 2.10. The number of nitrogens with one attached hydrogen (secondary N) is 2.